The van der Waals surface area contributed by atoms with Gasteiger partial charge in [-0.1, -0.05) is 11.6 Å². The Morgan fingerprint density at radius 2 is 2.11 bits per heavy atom. The smallest absolute Gasteiger partial charge is 0.205 e. The van der Waals surface area contributed by atoms with E-state index in [-0.39, 0.29) is 22.6 Å². The van der Waals surface area contributed by atoms with Crippen molar-refractivity contribution in [3.63, 3.8) is 0 Å². The van der Waals surface area contributed by atoms with Crippen LogP contribution in [0.5, 0.6) is 5.75 Å². The van der Waals surface area contributed by atoms with E-state index in [0.717, 1.165) is 0 Å². The number of phenolic OH excluding ortho intramolecular Hbond substituents is 1. The van der Waals surface area contributed by atoms with Crippen LogP contribution in [0.15, 0.2) is 36.7 Å². The Labute approximate surface area is 108 Å². The van der Waals surface area contributed by atoms with Gasteiger partial charge < -0.3 is 5.11 Å². The second-order valence-electron chi connectivity index (χ2n) is 3.53. The molecule has 0 fully saturated rings. The molecular weight excluding hydrogens is 252 g/mol. The molecule has 88 valence electrons. The predicted octanol–water partition coefficient (Wildman–Crippen LogP) is 3.22. The van der Waals surface area contributed by atoms with Crippen molar-refractivity contribution in [1.82, 2.24) is 4.98 Å². The molecule has 0 aliphatic rings. The number of rotatable bonds is 2. The summed E-state index contributed by atoms with van der Waals surface area (Å²) < 4.78 is 0. The number of phenols is 1. The number of hydrogen-bond donors (Lipinski definition) is 1. The maximum atomic E-state index is 12.1. The van der Waals surface area contributed by atoms with Gasteiger partial charge in [0.1, 0.15) is 5.75 Å². The quantitative estimate of drug-likeness (QED) is 0.665. The number of benzene rings is 1. The maximum absolute atomic E-state index is 12.1. The summed E-state index contributed by atoms with van der Waals surface area (Å²) in [6.07, 6.45) is 2.71. The normalized spacial score (nSPS) is 9.78. The molecule has 2 rings (SSSR count). The molecule has 0 unspecified atom stereocenters. The average Bonchev–Trinajstić information content (AvgIpc) is 2.41. The van der Waals surface area contributed by atoms with Crippen LogP contribution in [0, 0.1) is 6.57 Å². The molecule has 4 nitrogen and oxygen atoms in total. The van der Waals surface area contributed by atoms with Crippen molar-refractivity contribution in [2.24, 2.45) is 0 Å². The molecule has 0 aliphatic heterocycles. The number of aromatic hydroxyl groups is 1. The minimum atomic E-state index is -0.423. The summed E-state index contributed by atoms with van der Waals surface area (Å²) in [5.74, 6) is -0.578. The largest absolute Gasteiger partial charge is 0.507 e. The maximum Gasteiger partial charge on any atom is 0.205 e. The number of carbonyl (C=O) groups excluding carboxylic acids is 1. The Kier molecular flexibility index (Phi) is 3.26. The molecule has 0 saturated heterocycles. The van der Waals surface area contributed by atoms with Crippen LogP contribution in [0.2, 0.25) is 5.02 Å². The minimum absolute atomic E-state index is 0.0893. The molecule has 0 aliphatic carbocycles. The van der Waals surface area contributed by atoms with Gasteiger partial charge in [-0.2, -0.15) is 0 Å². The Balaban J connectivity index is 2.48. The summed E-state index contributed by atoms with van der Waals surface area (Å²) in [6, 6.07) is 5.63. The molecular formula is C13H7ClN2O2. The van der Waals surface area contributed by atoms with Crippen LogP contribution < -0.4 is 0 Å². The molecule has 0 spiro atoms. The number of carbonyl (C=O) groups is 1. The molecule has 0 atom stereocenters. The van der Waals surface area contributed by atoms with Crippen LogP contribution in [0.4, 0.5) is 5.69 Å². The van der Waals surface area contributed by atoms with Crippen LogP contribution in [0.3, 0.4) is 0 Å². The van der Waals surface area contributed by atoms with E-state index < -0.39 is 5.78 Å². The standard InChI is InChI=1S/C13H7ClN2O2/c1-15-10-4-8(6-16-7-10)13(18)11-5-9(14)2-3-12(11)17/h2-7,17H. The van der Waals surface area contributed by atoms with Crippen molar-refractivity contribution in [3.8, 4) is 5.75 Å². The lowest BCUT2D eigenvalue weighted by Crippen LogP contribution is -2.02. The highest BCUT2D eigenvalue weighted by Gasteiger charge is 2.14. The molecule has 0 saturated carbocycles. The van der Waals surface area contributed by atoms with E-state index in [2.05, 4.69) is 9.83 Å². The van der Waals surface area contributed by atoms with Gasteiger partial charge >= 0.3 is 0 Å². The second kappa shape index (κ2) is 4.86. The summed E-state index contributed by atoms with van der Waals surface area (Å²) in [7, 11) is 0. The van der Waals surface area contributed by atoms with Crippen LogP contribution >= 0.6 is 11.6 Å². The van der Waals surface area contributed by atoms with Crippen molar-refractivity contribution in [2.45, 2.75) is 0 Å². The lowest BCUT2D eigenvalue weighted by Gasteiger charge is -2.04. The minimum Gasteiger partial charge on any atom is -0.507 e. The van der Waals surface area contributed by atoms with E-state index in [0.29, 0.717) is 5.02 Å². The fraction of sp³-hybridized carbons (Fsp3) is 0. The molecule has 5 heteroatoms. The third kappa shape index (κ3) is 2.31. The predicted molar refractivity (Wildman–Crippen MR) is 67.0 cm³/mol. The number of aromatic nitrogens is 1. The van der Waals surface area contributed by atoms with Crippen molar-refractivity contribution in [3.05, 3.63) is 64.2 Å². The molecule has 2 aromatic rings. The van der Waals surface area contributed by atoms with Gasteiger partial charge in [-0.05, 0) is 24.3 Å². The van der Waals surface area contributed by atoms with Crippen molar-refractivity contribution in [1.29, 1.82) is 0 Å². The summed E-state index contributed by atoms with van der Waals surface area (Å²) in [6.45, 7) is 6.87. The molecule has 0 bridgehead atoms. The first kappa shape index (κ1) is 12.1. The topological polar surface area (TPSA) is 54.5 Å². The third-order valence-corrected chi connectivity index (χ3v) is 2.55. The first-order chi connectivity index (χ1) is 8.61. The van der Waals surface area contributed by atoms with E-state index in [1.807, 2.05) is 0 Å². The van der Waals surface area contributed by atoms with Crippen LogP contribution in [0.1, 0.15) is 15.9 Å². The molecule has 1 N–H and O–H groups in total. The first-order valence-electron chi connectivity index (χ1n) is 4.97. The monoisotopic (exact) mass is 258 g/mol. The van der Waals surface area contributed by atoms with E-state index in [1.165, 1.54) is 36.7 Å². The van der Waals surface area contributed by atoms with Gasteiger partial charge in [0.2, 0.25) is 5.69 Å². The zero-order chi connectivity index (χ0) is 13.1. The van der Waals surface area contributed by atoms with E-state index in [9.17, 15) is 9.90 Å². The molecule has 0 amide bonds. The number of ketones is 1. The Morgan fingerprint density at radius 3 is 2.83 bits per heavy atom. The van der Waals surface area contributed by atoms with Gasteiger partial charge in [0.15, 0.2) is 5.78 Å². The lowest BCUT2D eigenvalue weighted by molar-refractivity contribution is 0.103. The third-order valence-electron chi connectivity index (χ3n) is 2.32. The van der Waals surface area contributed by atoms with Gasteiger partial charge in [0.25, 0.3) is 0 Å². The van der Waals surface area contributed by atoms with Crippen LogP contribution in [-0.2, 0) is 0 Å². The van der Waals surface area contributed by atoms with E-state index in [1.54, 1.807) is 0 Å². The lowest BCUT2D eigenvalue weighted by atomic mass is 10.0. The van der Waals surface area contributed by atoms with E-state index >= 15 is 0 Å². The Morgan fingerprint density at radius 1 is 1.33 bits per heavy atom. The van der Waals surface area contributed by atoms with Gasteiger partial charge in [-0.25, -0.2) is 4.85 Å². The summed E-state index contributed by atoms with van der Waals surface area (Å²) in [5.41, 5.74) is 0.592. The first-order valence-corrected chi connectivity index (χ1v) is 5.35. The van der Waals surface area contributed by atoms with Crippen LogP contribution in [0.25, 0.3) is 4.85 Å². The van der Waals surface area contributed by atoms with E-state index in [4.69, 9.17) is 18.2 Å². The molecule has 1 heterocycles. The zero-order valence-electron chi connectivity index (χ0n) is 9.09. The van der Waals surface area contributed by atoms with Gasteiger partial charge in [0.05, 0.1) is 12.1 Å². The summed E-state index contributed by atoms with van der Waals surface area (Å²) in [4.78, 5) is 19.1. The fourth-order valence-corrected chi connectivity index (χ4v) is 1.63. The SMILES string of the molecule is [C-]#[N+]c1cncc(C(=O)c2cc(Cl)ccc2O)c1. The van der Waals surface area contributed by atoms with Crippen molar-refractivity contribution >= 4 is 23.1 Å². The van der Waals surface area contributed by atoms with Crippen molar-refractivity contribution in [2.75, 3.05) is 0 Å². The molecule has 0 radical (unpaired) electrons. The van der Waals surface area contributed by atoms with Gasteiger partial charge in [-0.3, -0.25) is 9.78 Å². The highest BCUT2D eigenvalue weighted by atomic mass is 35.5. The number of halogens is 1. The van der Waals surface area contributed by atoms with Gasteiger partial charge in [0, 0.05) is 23.0 Å². The van der Waals surface area contributed by atoms with Gasteiger partial charge in [-0.15, -0.1) is 0 Å². The summed E-state index contributed by atoms with van der Waals surface area (Å²) in [5, 5.41) is 9.99. The highest BCUT2D eigenvalue weighted by molar-refractivity contribution is 6.31. The molecule has 1 aromatic heterocycles. The Hall–Kier alpha value is -2.38. The molecule has 1 aromatic carbocycles. The average molecular weight is 259 g/mol. The highest BCUT2D eigenvalue weighted by Crippen LogP contribution is 2.25. The summed E-state index contributed by atoms with van der Waals surface area (Å²) >= 11 is 5.78. The zero-order valence-corrected chi connectivity index (χ0v) is 9.85. The second-order valence-corrected chi connectivity index (χ2v) is 3.97. The number of hydrogen-bond acceptors (Lipinski definition) is 3. The van der Waals surface area contributed by atoms with Crippen molar-refractivity contribution < 1.29 is 9.90 Å². The van der Waals surface area contributed by atoms with Crippen LogP contribution in [-0.4, -0.2) is 15.9 Å². The number of pyridine rings is 1. The fourth-order valence-electron chi connectivity index (χ4n) is 1.46. The molecule has 18 heavy (non-hydrogen) atoms. The Bertz CT molecular complexity index is 662. The number of nitrogens with zero attached hydrogens (tertiary/aromatic N) is 2.